The molecule has 4 aromatic rings. The summed E-state index contributed by atoms with van der Waals surface area (Å²) in [6, 6.07) is 23.1. The van der Waals surface area contributed by atoms with E-state index in [1.165, 1.54) is 12.1 Å². The Labute approximate surface area is 179 Å². The molecule has 0 saturated carbocycles. The zero-order valence-corrected chi connectivity index (χ0v) is 17.0. The van der Waals surface area contributed by atoms with Crippen LogP contribution < -0.4 is 14.8 Å². The van der Waals surface area contributed by atoms with E-state index >= 15 is 0 Å². The molecule has 0 unspecified atom stereocenters. The summed E-state index contributed by atoms with van der Waals surface area (Å²) in [4.78, 5) is 17.0. The van der Waals surface area contributed by atoms with Crippen LogP contribution in [0.5, 0.6) is 11.5 Å². The number of pyridine rings is 1. The Morgan fingerprint density at radius 3 is 2.55 bits per heavy atom. The van der Waals surface area contributed by atoms with Crippen molar-refractivity contribution in [3.05, 3.63) is 90.2 Å². The predicted molar refractivity (Wildman–Crippen MR) is 117 cm³/mol. The van der Waals surface area contributed by atoms with Crippen molar-refractivity contribution < 1.29 is 18.7 Å². The number of ether oxygens (including phenoxy) is 2. The summed E-state index contributed by atoms with van der Waals surface area (Å²) in [5, 5.41) is 3.33. The number of carbonyl (C=O) groups excluding carboxylic acids is 1. The maximum atomic E-state index is 13.8. The van der Waals surface area contributed by atoms with Crippen molar-refractivity contribution in [3.8, 4) is 22.8 Å². The molecule has 0 bridgehead atoms. The molecule has 3 aromatic carbocycles. The van der Waals surface area contributed by atoms with Crippen molar-refractivity contribution in [3.63, 3.8) is 0 Å². The molecule has 1 N–H and O–H groups in total. The van der Waals surface area contributed by atoms with Crippen molar-refractivity contribution in [1.82, 2.24) is 10.3 Å². The summed E-state index contributed by atoms with van der Waals surface area (Å²) in [6.07, 6.45) is 0. The van der Waals surface area contributed by atoms with Gasteiger partial charge in [-0.15, -0.1) is 0 Å². The molecule has 6 heteroatoms. The Bertz CT molecular complexity index is 1210. The maximum Gasteiger partial charge on any atom is 0.258 e. The second kappa shape index (κ2) is 9.26. The minimum Gasteiger partial charge on any atom is -0.496 e. The molecule has 1 aromatic heterocycles. The van der Waals surface area contributed by atoms with Crippen LogP contribution in [0.4, 0.5) is 4.39 Å². The van der Waals surface area contributed by atoms with Gasteiger partial charge in [0.1, 0.15) is 17.3 Å². The summed E-state index contributed by atoms with van der Waals surface area (Å²) in [5.74, 6) is 0.406. The number of carbonyl (C=O) groups is 1. The first-order valence-electron chi connectivity index (χ1n) is 9.81. The van der Waals surface area contributed by atoms with E-state index in [1.54, 1.807) is 19.2 Å². The molecule has 1 amide bonds. The summed E-state index contributed by atoms with van der Waals surface area (Å²) in [6.45, 7) is 0.103. The molecule has 4 rings (SSSR count). The fourth-order valence-corrected chi connectivity index (χ4v) is 3.28. The minimum absolute atomic E-state index is 0.209. The third kappa shape index (κ3) is 4.80. The molecule has 5 nitrogen and oxygen atoms in total. The summed E-state index contributed by atoms with van der Waals surface area (Å²) < 4.78 is 24.9. The van der Waals surface area contributed by atoms with Gasteiger partial charge in [-0.25, -0.2) is 9.37 Å². The number of para-hydroxylation sites is 1. The lowest BCUT2D eigenvalue weighted by Gasteiger charge is -2.13. The first-order valence-corrected chi connectivity index (χ1v) is 9.81. The van der Waals surface area contributed by atoms with Gasteiger partial charge in [0.15, 0.2) is 6.61 Å². The Kier molecular flexibility index (Phi) is 6.08. The first kappa shape index (κ1) is 20.3. The monoisotopic (exact) mass is 416 g/mol. The molecule has 0 radical (unpaired) electrons. The molecule has 156 valence electrons. The number of nitrogens with one attached hydrogen (secondary N) is 1. The highest BCUT2D eigenvalue weighted by atomic mass is 19.1. The predicted octanol–water partition coefficient (Wildman–Crippen LogP) is 4.74. The molecular weight excluding hydrogens is 395 g/mol. The first-order chi connectivity index (χ1) is 15.1. The number of fused-ring (bicyclic) bond motifs is 1. The SMILES string of the molecule is COc1ccccc1CNC(=O)COc1cc(-c2ccccc2)nc2ccc(F)cc12. The van der Waals surface area contributed by atoms with Crippen LogP contribution in [0.3, 0.4) is 0 Å². The van der Waals surface area contributed by atoms with Crippen LogP contribution in [0.2, 0.25) is 0 Å². The van der Waals surface area contributed by atoms with E-state index in [-0.39, 0.29) is 12.5 Å². The van der Waals surface area contributed by atoms with Crippen LogP contribution in [0.15, 0.2) is 78.9 Å². The van der Waals surface area contributed by atoms with Gasteiger partial charge < -0.3 is 14.8 Å². The topological polar surface area (TPSA) is 60.5 Å². The zero-order chi connectivity index (χ0) is 21.6. The smallest absolute Gasteiger partial charge is 0.258 e. The number of hydrogen-bond donors (Lipinski definition) is 1. The van der Waals surface area contributed by atoms with Crippen LogP contribution in [-0.4, -0.2) is 24.6 Å². The van der Waals surface area contributed by atoms with E-state index in [2.05, 4.69) is 10.3 Å². The Morgan fingerprint density at radius 1 is 0.968 bits per heavy atom. The van der Waals surface area contributed by atoms with Gasteiger partial charge in [0, 0.05) is 29.1 Å². The second-order valence-corrected chi connectivity index (χ2v) is 6.91. The van der Waals surface area contributed by atoms with Gasteiger partial charge in [-0.05, 0) is 24.3 Å². The fraction of sp³-hybridized carbons (Fsp3) is 0.120. The van der Waals surface area contributed by atoms with E-state index < -0.39 is 5.82 Å². The van der Waals surface area contributed by atoms with Gasteiger partial charge in [0.05, 0.1) is 18.3 Å². The number of aromatic nitrogens is 1. The number of hydrogen-bond acceptors (Lipinski definition) is 4. The molecule has 0 aliphatic rings. The highest BCUT2D eigenvalue weighted by Crippen LogP contribution is 2.30. The van der Waals surface area contributed by atoms with Gasteiger partial charge >= 0.3 is 0 Å². The van der Waals surface area contributed by atoms with Gasteiger partial charge in [0.25, 0.3) is 5.91 Å². The van der Waals surface area contributed by atoms with E-state index in [9.17, 15) is 9.18 Å². The van der Waals surface area contributed by atoms with Crippen molar-refractivity contribution in [1.29, 1.82) is 0 Å². The number of nitrogens with zero attached hydrogens (tertiary/aromatic N) is 1. The number of benzene rings is 3. The molecule has 1 heterocycles. The minimum atomic E-state index is -0.396. The van der Waals surface area contributed by atoms with Gasteiger partial charge in [-0.2, -0.15) is 0 Å². The van der Waals surface area contributed by atoms with E-state index in [1.807, 2.05) is 54.6 Å². The second-order valence-electron chi connectivity index (χ2n) is 6.91. The maximum absolute atomic E-state index is 13.8. The summed E-state index contributed by atoms with van der Waals surface area (Å²) in [5.41, 5.74) is 3.04. The quantitative estimate of drug-likeness (QED) is 0.473. The number of methoxy groups -OCH3 is 1. The van der Waals surface area contributed by atoms with Crippen molar-refractivity contribution in [2.75, 3.05) is 13.7 Å². The standard InChI is InChI=1S/C25H21FN2O3/c1-30-23-10-6-5-9-18(23)15-27-25(29)16-31-24-14-22(17-7-3-2-4-8-17)28-21-12-11-19(26)13-20(21)24/h2-14H,15-16H2,1H3,(H,27,29). The lowest BCUT2D eigenvalue weighted by Crippen LogP contribution is -2.28. The molecule has 0 fully saturated rings. The van der Waals surface area contributed by atoms with Crippen LogP contribution in [0.25, 0.3) is 22.2 Å². The van der Waals surface area contributed by atoms with Crippen LogP contribution in [0.1, 0.15) is 5.56 Å². The largest absolute Gasteiger partial charge is 0.496 e. The molecule has 0 atom stereocenters. The van der Waals surface area contributed by atoms with E-state index in [0.29, 0.717) is 34.6 Å². The molecule has 0 aliphatic carbocycles. The molecular formula is C25H21FN2O3. The Morgan fingerprint density at radius 2 is 1.74 bits per heavy atom. The average molecular weight is 416 g/mol. The number of rotatable bonds is 7. The van der Waals surface area contributed by atoms with Crippen LogP contribution >= 0.6 is 0 Å². The summed E-state index contributed by atoms with van der Waals surface area (Å²) in [7, 11) is 1.59. The van der Waals surface area contributed by atoms with Crippen molar-refractivity contribution >= 4 is 16.8 Å². The van der Waals surface area contributed by atoms with Crippen molar-refractivity contribution in [2.45, 2.75) is 6.54 Å². The van der Waals surface area contributed by atoms with Gasteiger partial charge in [0.2, 0.25) is 0 Å². The van der Waals surface area contributed by atoms with Crippen LogP contribution in [0, 0.1) is 5.82 Å². The Hall–Kier alpha value is -3.93. The molecule has 0 spiro atoms. The fourth-order valence-electron chi connectivity index (χ4n) is 3.28. The molecule has 0 aliphatic heterocycles. The third-order valence-corrected chi connectivity index (χ3v) is 4.83. The highest BCUT2D eigenvalue weighted by molar-refractivity contribution is 5.88. The highest BCUT2D eigenvalue weighted by Gasteiger charge is 2.12. The van der Waals surface area contributed by atoms with E-state index in [4.69, 9.17) is 9.47 Å². The van der Waals surface area contributed by atoms with Gasteiger partial charge in [-0.1, -0.05) is 48.5 Å². The third-order valence-electron chi connectivity index (χ3n) is 4.83. The van der Waals surface area contributed by atoms with E-state index in [0.717, 1.165) is 11.1 Å². The summed E-state index contributed by atoms with van der Waals surface area (Å²) >= 11 is 0. The molecule has 0 saturated heterocycles. The Balaban J connectivity index is 1.53. The lowest BCUT2D eigenvalue weighted by molar-refractivity contribution is -0.123. The molecule has 31 heavy (non-hydrogen) atoms. The van der Waals surface area contributed by atoms with Gasteiger partial charge in [-0.3, -0.25) is 4.79 Å². The number of amides is 1. The van der Waals surface area contributed by atoms with Crippen LogP contribution in [-0.2, 0) is 11.3 Å². The average Bonchev–Trinajstić information content (AvgIpc) is 2.81. The zero-order valence-electron chi connectivity index (χ0n) is 17.0. The lowest BCUT2D eigenvalue weighted by atomic mass is 10.1. The normalized spacial score (nSPS) is 10.6. The van der Waals surface area contributed by atoms with Crippen molar-refractivity contribution in [2.24, 2.45) is 0 Å². The number of halogens is 1.